The minimum Gasteiger partial charge on any atom is -0.508 e. The fourth-order valence-electron chi connectivity index (χ4n) is 2.34. The predicted octanol–water partition coefficient (Wildman–Crippen LogP) is 3.27. The van der Waals surface area contributed by atoms with Gasteiger partial charge in [0.05, 0.1) is 5.71 Å². The molecule has 0 radical (unpaired) electrons. The predicted molar refractivity (Wildman–Crippen MR) is 63.2 cm³/mol. The number of aromatic hydroxyl groups is 1. The first-order valence-corrected chi connectivity index (χ1v) is 5.78. The molecule has 2 rings (SSSR count). The number of nitrogens with zero attached hydrogens (tertiary/aromatic N) is 1. The molecule has 1 atom stereocenters. The lowest BCUT2D eigenvalue weighted by Gasteiger charge is -2.13. The van der Waals surface area contributed by atoms with E-state index < -0.39 is 0 Å². The Kier molecular flexibility index (Phi) is 3.44. The molecule has 1 unspecified atom stereocenters. The van der Waals surface area contributed by atoms with Crippen LogP contribution >= 0.6 is 0 Å². The van der Waals surface area contributed by atoms with Crippen LogP contribution in [0.15, 0.2) is 29.4 Å². The van der Waals surface area contributed by atoms with E-state index in [4.69, 9.17) is 5.21 Å². The molecule has 16 heavy (non-hydrogen) atoms. The number of benzene rings is 1. The molecule has 1 aromatic carbocycles. The third kappa shape index (κ3) is 2.54. The van der Waals surface area contributed by atoms with Gasteiger partial charge in [0.25, 0.3) is 0 Å². The molecule has 0 amide bonds. The first kappa shape index (κ1) is 11.0. The zero-order valence-corrected chi connectivity index (χ0v) is 9.26. The minimum atomic E-state index is 0.315. The Morgan fingerprint density at radius 2 is 1.81 bits per heavy atom. The highest BCUT2D eigenvalue weighted by Crippen LogP contribution is 2.31. The van der Waals surface area contributed by atoms with Gasteiger partial charge in [0, 0.05) is 0 Å². The average molecular weight is 219 g/mol. The van der Waals surface area contributed by atoms with Crippen LogP contribution in [0, 0.1) is 0 Å². The highest BCUT2D eigenvalue weighted by Gasteiger charge is 2.17. The zero-order chi connectivity index (χ0) is 11.4. The van der Waals surface area contributed by atoms with Crippen molar-refractivity contribution in [2.45, 2.75) is 38.0 Å². The van der Waals surface area contributed by atoms with Gasteiger partial charge in [-0.15, -0.1) is 0 Å². The maximum absolute atomic E-state index is 9.24. The molecule has 1 aliphatic rings. The third-order valence-corrected chi connectivity index (χ3v) is 3.31. The molecular formula is C13H17NO2. The van der Waals surface area contributed by atoms with E-state index >= 15 is 0 Å². The van der Waals surface area contributed by atoms with Crippen LogP contribution in [0.3, 0.4) is 0 Å². The van der Waals surface area contributed by atoms with Gasteiger partial charge in [-0.3, -0.25) is 0 Å². The first-order chi connectivity index (χ1) is 7.79. The van der Waals surface area contributed by atoms with Crippen LogP contribution in [0.25, 0.3) is 0 Å². The maximum atomic E-state index is 9.24. The second-order valence-electron chi connectivity index (χ2n) is 4.39. The number of phenols is 1. The van der Waals surface area contributed by atoms with E-state index in [0.29, 0.717) is 11.7 Å². The fourth-order valence-corrected chi connectivity index (χ4v) is 2.34. The normalized spacial score (nSPS) is 24.2. The number of rotatable bonds is 1. The number of hydrogen-bond donors (Lipinski definition) is 2. The van der Waals surface area contributed by atoms with Crippen LogP contribution in [0.4, 0.5) is 0 Å². The summed E-state index contributed by atoms with van der Waals surface area (Å²) in [7, 11) is 0. The van der Waals surface area contributed by atoms with E-state index in [2.05, 4.69) is 5.16 Å². The summed E-state index contributed by atoms with van der Waals surface area (Å²) in [5.74, 6) is 0.842. The number of hydrogen-bond acceptors (Lipinski definition) is 3. The van der Waals surface area contributed by atoms with Gasteiger partial charge in [-0.25, -0.2) is 0 Å². The molecule has 0 spiro atoms. The molecule has 1 saturated carbocycles. The van der Waals surface area contributed by atoms with Gasteiger partial charge in [-0.1, -0.05) is 17.3 Å². The number of oxime groups is 1. The summed E-state index contributed by atoms with van der Waals surface area (Å²) in [5, 5.41) is 21.3. The Labute approximate surface area is 95.4 Å². The van der Waals surface area contributed by atoms with Crippen LogP contribution < -0.4 is 0 Å². The Morgan fingerprint density at radius 1 is 1.06 bits per heavy atom. The summed E-state index contributed by atoms with van der Waals surface area (Å²) < 4.78 is 0. The van der Waals surface area contributed by atoms with Crippen molar-refractivity contribution >= 4 is 5.71 Å². The van der Waals surface area contributed by atoms with Gasteiger partial charge >= 0.3 is 0 Å². The van der Waals surface area contributed by atoms with Crippen molar-refractivity contribution in [1.82, 2.24) is 0 Å². The summed E-state index contributed by atoms with van der Waals surface area (Å²) in [6.07, 6.45) is 5.02. The van der Waals surface area contributed by atoms with E-state index in [9.17, 15) is 5.11 Å². The molecule has 1 aliphatic carbocycles. The van der Waals surface area contributed by atoms with Crippen molar-refractivity contribution in [3.63, 3.8) is 0 Å². The van der Waals surface area contributed by atoms with Gasteiger partial charge in [0.2, 0.25) is 0 Å². The topological polar surface area (TPSA) is 52.8 Å². The van der Waals surface area contributed by atoms with Crippen molar-refractivity contribution < 1.29 is 10.3 Å². The second-order valence-corrected chi connectivity index (χ2v) is 4.39. The maximum Gasteiger partial charge on any atom is 0.115 e. The molecule has 0 aliphatic heterocycles. The van der Waals surface area contributed by atoms with Gasteiger partial charge in [-0.05, 0) is 55.7 Å². The average Bonchev–Trinajstić information content (AvgIpc) is 2.55. The van der Waals surface area contributed by atoms with Crippen molar-refractivity contribution in [2.75, 3.05) is 0 Å². The van der Waals surface area contributed by atoms with Crippen LogP contribution in [0.5, 0.6) is 5.75 Å². The van der Waals surface area contributed by atoms with Crippen LogP contribution in [0.1, 0.15) is 43.6 Å². The van der Waals surface area contributed by atoms with E-state index in [1.807, 2.05) is 12.1 Å². The van der Waals surface area contributed by atoms with E-state index in [0.717, 1.165) is 37.8 Å². The SMILES string of the molecule is O/N=C1\CCCC(c2ccc(O)cc2)CC1. The van der Waals surface area contributed by atoms with Gasteiger partial charge in [-0.2, -0.15) is 0 Å². The summed E-state index contributed by atoms with van der Waals surface area (Å²) in [5.41, 5.74) is 2.19. The van der Waals surface area contributed by atoms with Gasteiger partial charge in [0.1, 0.15) is 5.75 Å². The minimum absolute atomic E-state index is 0.315. The molecule has 3 nitrogen and oxygen atoms in total. The van der Waals surface area contributed by atoms with Crippen LogP contribution in [-0.2, 0) is 0 Å². The standard InChI is InChI=1S/C13H17NO2/c15-13-8-5-11(6-9-13)10-2-1-3-12(14-16)7-4-10/h5-6,8-10,15-16H,1-4,7H2/b14-12+. The summed E-state index contributed by atoms with van der Waals surface area (Å²) in [6, 6.07) is 7.45. The van der Waals surface area contributed by atoms with Crippen molar-refractivity contribution in [2.24, 2.45) is 5.16 Å². The lowest BCUT2D eigenvalue weighted by Crippen LogP contribution is -1.98. The molecule has 3 heteroatoms. The zero-order valence-electron chi connectivity index (χ0n) is 9.26. The Morgan fingerprint density at radius 3 is 2.50 bits per heavy atom. The van der Waals surface area contributed by atoms with E-state index in [1.54, 1.807) is 12.1 Å². The first-order valence-electron chi connectivity index (χ1n) is 5.78. The van der Waals surface area contributed by atoms with Crippen molar-refractivity contribution in [1.29, 1.82) is 0 Å². The third-order valence-electron chi connectivity index (χ3n) is 3.31. The fraction of sp³-hybridized carbons (Fsp3) is 0.462. The molecule has 0 bridgehead atoms. The van der Waals surface area contributed by atoms with Gasteiger partial charge < -0.3 is 10.3 Å². The van der Waals surface area contributed by atoms with Crippen LogP contribution in [-0.4, -0.2) is 16.0 Å². The molecule has 1 fully saturated rings. The lowest BCUT2D eigenvalue weighted by atomic mass is 9.92. The van der Waals surface area contributed by atoms with Crippen LogP contribution in [0.2, 0.25) is 0 Å². The van der Waals surface area contributed by atoms with Gasteiger partial charge in [0.15, 0.2) is 0 Å². The van der Waals surface area contributed by atoms with Crippen molar-refractivity contribution in [3.8, 4) is 5.75 Å². The molecule has 0 heterocycles. The highest BCUT2D eigenvalue weighted by molar-refractivity contribution is 5.84. The summed E-state index contributed by atoms with van der Waals surface area (Å²) in [4.78, 5) is 0. The largest absolute Gasteiger partial charge is 0.508 e. The molecule has 0 saturated heterocycles. The molecule has 2 N–H and O–H groups in total. The molecular weight excluding hydrogens is 202 g/mol. The van der Waals surface area contributed by atoms with E-state index in [1.165, 1.54) is 5.56 Å². The highest BCUT2D eigenvalue weighted by atomic mass is 16.4. The Balaban J connectivity index is 2.07. The molecule has 1 aromatic rings. The van der Waals surface area contributed by atoms with Crippen molar-refractivity contribution in [3.05, 3.63) is 29.8 Å². The quantitative estimate of drug-likeness (QED) is 0.432. The Hall–Kier alpha value is -1.51. The number of phenolic OH excluding ortho intramolecular Hbond substituents is 1. The second kappa shape index (κ2) is 5.01. The smallest absolute Gasteiger partial charge is 0.115 e. The Bertz CT molecular complexity index is 370. The summed E-state index contributed by atoms with van der Waals surface area (Å²) >= 11 is 0. The monoisotopic (exact) mass is 219 g/mol. The summed E-state index contributed by atoms with van der Waals surface area (Å²) in [6.45, 7) is 0. The van der Waals surface area contributed by atoms with E-state index in [-0.39, 0.29) is 0 Å². The molecule has 86 valence electrons. The molecule has 0 aromatic heterocycles. The lowest BCUT2D eigenvalue weighted by molar-refractivity contribution is 0.316.